The molecule has 2 heterocycles. The van der Waals surface area contributed by atoms with Crippen molar-refractivity contribution in [3.8, 4) is 11.5 Å². The maximum Gasteiger partial charge on any atom is 0.321 e. The molecule has 0 spiro atoms. The number of nitrogens with zero attached hydrogens (tertiary/aromatic N) is 3. The first kappa shape index (κ1) is 24.3. The molecule has 2 aliphatic rings. The summed E-state index contributed by atoms with van der Waals surface area (Å²) in [5.41, 5.74) is 1.57. The van der Waals surface area contributed by atoms with Crippen molar-refractivity contribution in [2.45, 2.75) is 13.0 Å². The summed E-state index contributed by atoms with van der Waals surface area (Å²) in [5.74, 6) is -1.08. The number of methoxy groups -OCH3 is 2. The molecule has 35 heavy (non-hydrogen) atoms. The van der Waals surface area contributed by atoms with E-state index in [1.807, 2.05) is 4.90 Å². The van der Waals surface area contributed by atoms with E-state index >= 15 is 0 Å². The van der Waals surface area contributed by atoms with E-state index in [0.717, 1.165) is 5.69 Å². The number of halogens is 1. The third kappa shape index (κ3) is 5.16. The largest absolute Gasteiger partial charge is 0.493 e. The van der Waals surface area contributed by atoms with Crippen molar-refractivity contribution in [1.82, 2.24) is 10.2 Å². The maximum atomic E-state index is 13.3. The van der Waals surface area contributed by atoms with Crippen LogP contribution in [0.5, 0.6) is 11.5 Å². The van der Waals surface area contributed by atoms with Gasteiger partial charge in [-0.15, -0.1) is 0 Å². The van der Waals surface area contributed by atoms with Crippen molar-refractivity contribution in [2.24, 2.45) is 10.9 Å². The Kier molecular flexibility index (Phi) is 7.38. The summed E-state index contributed by atoms with van der Waals surface area (Å²) in [4.78, 5) is 34.8. The average molecular weight is 485 g/mol. The van der Waals surface area contributed by atoms with Gasteiger partial charge in [0.15, 0.2) is 17.4 Å². The highest BCUT2D eigenvalue weighted by Gasteiger charge is 2.42. The molecule has 2 aromatic carbocycles. The summed E-state index contributed by atoms with van der Waals surface area (Å²) < 4.78 is 29.2. The molecule has 1 saturated heterocycles. The first-order valence-corrected chi connectivity index (χ1v) is 11.5. The molecule has 186 valence electrons. The lowest BCUT2D eigenvalue weighted by Gasteiger charge is -2.39. The van der Waals surface area contributed by atoms with Crippen LogP contribution in [0.2, 0.25) is 0 Å². The highest BCUT2D eigenvalue weighted by Crippen LogP contribution is 2.36. The monoisotopic (exact) mass is 484 g/mol. The number of nitrogens with one attached hydrogen (secondary N) is 1. The molecule has 0 saturated carbocycles. The molecule has 1 N–H and O–H groups in total. The number of carbonyl (C=O) groups excluding carboxylic acids is 2. The third-order valence-electron chi connectivity index (χ3n) is 6.16. The van der Waals surface area contributed by atoms with Gasteiger partial charge in [0.05, 0.1) is 20.8 Å². The second-order valence-corrected chi connectivity index (χ2v) is 8.18. The normalized spacial score (nSPS) is 20.1. The molecule has 0 unspecified atom stereocenters. The molecule has 0 bridgehead atoms. The highest BCUT2D eigenvalue weighted by atomic mass is 19.1. The van der Waals surface area contributed by atoms with Crippen LogP contribution in [-0.2, 0) is 14.3 Å². The molecular weight excluding hydrogens is 455 g/mol. The third-order valence-corrected chi connectivity index (χ3v) is 6.16. The first-order chi connectivity index (χ1) is 16.9. The summed E-state index contributed by atoms with van der Waals surface area (Å²) >= 11 is 0. The van der Waals surface area contributed by atoms with Gasteiger partial charge in [0, 0.05) is 31.9 Å². The zero-order valence-corrected chi connectivity index (χ0v) is 20.0. The molecule has 1 fully saturated rings. The molecule has 0 aromatic heterocycles. The van der Waals surface area contributed by atoms with Crippen LogP contribution in [0.4, 0.5) is 10.1 Å². The van der Waals surface area contributed by atoms with Crippen LogP contribution < -0.4 is 19.7 Å². The number of guanidine groups is 1. The summed E-state index contributed by atoms with van der Waals surface area (Å²) in [5, 5.41) is 2.80. The fourth-order valence-corrected chi connectivity index (χ4v) is 4.33. The average Bonchev–Trinajstić information content (AvgIpc) is 2.88. The Bertz CT molecular complexity index is 1100. The van der Waals surface area contributed by atoms with E-state index in [1.54, 1.807) is 37.3 Å². The number of hydrogen-bond acceptors (Lipinski definition) is 8. The van der Waals surface area contributed by atoms with Crippen molar-refractivity contribution >= 4 is 23.5 Å². The van der Waals surface area contributed by atoms with E-state index in [1.165, 1.54) is 26.4 Å². The second-order valence-electron chi connectivity index (χ2n) is 8.18. The Morgan fingerprint density at radius 3 is 2.31 bits per heavy atom. The predicted octanol–water partition coefficient (Wildman–Crippen LogP) is 2.37. The highest BCUT2D eigenvalue weighted by molar-refractivity contribution is 6.08. The number of anilines is 1. The van der Waals surface area contributed by atoms with Gasteiger partial charge in [0.25, 0.3) is 0 Å². The van der Waals surface area contributed by atoms with E-state index in [-0.39, 0.29) is 12.4 Å². The fraction of sp³-hybridized carbons (Fsp3) is 0.400. The SMILES string of the molecule is CCOC(=O)[C@H]1C(=O)NC(N2CCN(c3ccc(F)cc3)CC2)=N[C@H]1c1ccc(OC)c(OC)c1. The van der Waals surface area contributed by atoms with Gasteiger partial charge in [-0.2, -0.15) is 0 Å². The molecular formula is C25H29FN4O5. The molecule has 2 aliphatic heterocycles. The lowest BCUT2D eigenvalue weighted by Crippen LogP contribution is -2.57. The number of benzene rings is 2. The van der Waals surface area contributed by atoms with Crippen molar-refractivity contribution in [3.63, 3.8) is 0 Å². The number of carbonyl (C=O) groups is 2. The molecule has 0 aliphatic carbocycles. The van der Waals surface area contributed by atoms with E-state index in [2.05, 4.69) is 10.2 Å². The molecule has 1 amide bonds. The minimum absolute atomic E-state index is 0.156. The number of ether oxygens (including phenoxy) is 3. The lowest BCUT2D eigenvalue weighted by molar-refractivity contribution is -0.153. The zero-order valence-electron chi connectivity index (χ0n) is 20.0. The number of amides is 1. The molecule has 10 heteroatoms. The number of rotatable bonds is 6. The van der Waals surface area contributed by atoms with Crippen molar-refractivity contribution in [3.05, 3.63) is 53.8 Å². The Labute approximate surface area is 203 Å². The minimum atomic E-state index is -1.13. The van der Waals surface area contributed by atoms with Crippen LogP contribution in [-0.4, -0.2) is 69.7 Å². The van der Waals surface area contributed by atoms with Crippen LogP contribution in [0.3, 0.4) is 0 Å². The minimum Gasteiger partial charge on any atom is -0.493 e. The topological polar surface area (TPSA) is 92.7 Å². The van der Waals surface area contributed by atoms with Gasteiger partial charge < -0.3 is 24.0 Å². The fourth-order valence-electron chi connectivity index (χ4n) is 4.33. The van der Waals surface area contributed by atoms with Gasteiger partial charge in [-0.05, 0) is 48.9 Å². The van der Waals surface area contributed by atoms with E-state index < -0.39 is 23.8 Å². The van der Waals surface area contributed by atoms with Gasteiger partial charge >= 0.3 is 5.97 Å². The quantitative estimate of drug-likeness (QED) is 0.497. The molecule has 9 nitrogen and oxygen atoms in total. The molecule has 4 rings (SSSR count). The van der Waals surface area contributed by atoms with Crippen LogP contribution >= 0.6 is 0 Å². The van der Waals surface area contributed by atoms with Gasteiger partial charge in [0.1, 0.15) is 11.9 Å². The smallest absolute Gasteiger partial charge is 0.321 e. The van der Waals surface area contributed by atoms with E-state index in [9.17, 15) is 14.0 Å². The van der Waals surface area contributed by atoms with Crippen molar-refractivity contribution < 1.29 is 28.2 Å². The summed E-state index contributed by atoms with van der Waals surface area (Å²) in [6.45, 7) is 4.38. The van der Waals surface area contributed by atoms with Crippen LogP contribution in [0, 0.1) is 11.7 Å². The number of piperazine rings is 1. The van der Waals surface area contributed by atoms with Crippen molar-refractivity contribution in [1.29, 1.82) is 0 Å². The summed E-state index contributed by atoms with van der Waals surface area (Å²) in [6, 6.07) is 10.8. The lowest BCUT2D eigenvalue weighted by atomic mass is 9.91. The molecule has 2 aromatic rings. The van der Waals surface area contributed by atoms with Crippen LogP contribution in [0.1, 0.15) is 18.5 Å². The van der Waals surface area contributed by atoms with Crippen molar-refractivity contribution in [2.75, 3.05) is 51.9 Å². The zero-order chi connectivity index (χ0) is 24.9. The Morgan fingerprint density at radius 1 is 1.03 bits per heavy atom. The van der Waals surface area contributed by atoms with Crippen LogP contribution in [0.25, 0.3) is 0 Å². The summed E-state index contributed by atoms with van der Waals surface area (Å²) in [7, 11) is 3.06. The van der Waals surface area contributed by atoms with Gasteiger partial charge in [0.2, 0.25) is 11.9 Å². The second kappa shape index (κ2) is 10.6. The Hall–Kier alpha value is -3.82. The van der Waals surface area contributed by atoms with Gasteiger partial charge in [-0.25, -0.2) is 9.38 Å². The molecule has 2 atom stereocenters. The van der Waals surface area contributed by atoms with E-state index in [0.29, 0.717) is 49.2 Å². The number of aliphatic imine (C=N–C) groups is 1. The van der Waals surface area contributed by atoms with E-state index in [4.69, 9.17) is 19.2 Å². The maximum absolute atomic E-state index is 13.3. The Balaban J connectivity index is 1.60. The standard InChI is InChI=1S/C25H29FN4O5/c1-4-35-24(32)21-22(16-5-10-19(33-2)20(15-16)34-3)27-25(28-23(21)31)30-13-11-29(12-14-30)18-8-6-17(26)7-9-18/h5-10,15,21-22H,4,11-14H2,1-3H3,(H,27,28,31)/t21-,22+/m1/s1. The van der Waals surface area contributed by atoms with Gasteiger partial charge in [-0.1, -0.05) is 6.07 Å². The molecule has 0 radical (unpaired) electrons. The van der Waals surface area contributed by atoms with Gasteiger partial charge in [-0.3, -0.25) is 14.9 Å². The predicted molar refractivity (Wildman–Crippen MR) is 128 cm³/mol. The number of hydrogen-bond donors (Lipinski definition) is 1. The Morgan fingerprint density at radius 2 is 1.69 bits per heavy atom. The summed E-state index contributed by atoms with van der Waals surface area (Å²) in [6.07, 6.45) is 0. The van der Waals surface area contributed by atoms with Crippen LogP contribution in [0.15, 0.2) is 47.5 Å². The first-order valence-electron chi connectivity index (χ1n) is 11.5. The number of esters is 1.